The molecule has 2 aliphatic heterocycles. The van der Waals surface area contributed by atoms with Crippen LogP contribution in [0.4, 0.5) is 5.82 Å². The van der Waals surface area contributed by atoms with Crippen molar-refractivity contribution >= 4 is 11.7 Å². The van der Waals surface area contributed by atoms with Crippen LogP contribution in [0.15, 0.2) is 17.2 Å². The van der Waals surface area contributed by atoms with E-state index in [4.69, 9.17) is 0 Å². The quantitative estimate of drug-likeness (QED) is 0.845. The fraction of sp³-hybridized carbons (Fsp3) is 0.722. The zero-order valence-corrected chi connectivity index (χ0v) is 14.8. The monoisotopic (exact) mass is 332 g/mol. The molecule has 6 nitrogen and oxygen atoms in total. The van der Waals surface area contributed by atoms with Gasteiger partial charge in [0.2, 0.25) is 5.91 Å². The van der Waals surface area contributed by atoms with E-state index in [0.29, 0.717) is 36.7 Å². The second-order valence-electron chi connectivity index (χ2n) is 7.36. The Hall–Kier alpha value is -1.85. The lowest BCUT2D eigenvalue weighted by atomic mass is 10.1. The molecule has 2 aliphatic rings. The molecule has 3 heterocycles. The Balaban J connectivity index is 1.72. The molecule has 2 saturated heterocycles. The number of anilines is 1. The van der Waals surface area contributed by atoms with Crippen LogP contribution in [-0.2, 0) is 11.3 Å². The average Bonchev–Trinajstić information content (AvgIpc) is 2.82. The largest absolute Gasteiger partial charge is 0.352 e. The minimum Gasteiger partial charge on any atom is -0.352 e. The van der Waals surface area contributed by atoms with E-state index >= 15 is 0 Å². The Bertz CT molecular complexity index is 640. The van der Waals surface area contributed by atoms with Crippen LogP contribution in [0.3, 0.4) is 0 Å². The van der Waals surface area contributed by atoms with E-state index < -0.39 is 0 Å². The minimum absolute atomic E-state index is 0.00176. The molecule has 24 heavy (non-hydrogen) atoms. The molecule has 0 aliphatic carbocycles. The van der Waals surface area contributed by atoms with Crippen molar-refractivity contribution < 1.29 is 4.79 Å². The van der Waals surface area contributed by atoms with E-state index in [1.165, 1.54) is 0 Å². The van der Waals surface area contributed by atoms with Crippen molar-refractivity contribution in [3.8, 4) is 0 Å². The number of carbonyl (C=O) groups is 1. The SMILES string of the molecule is CC(C)Cn1ccnc(N2CCCC(N3CCCC3=O)CC2)c1=O. The summed E-state index contributed by atoms with van der Waals surface area (Å²) in [7, 11) is 0. The van der Waals surface area contributed by atoms with Gasteiger partial charge in [-0.15, -0.1) is 0 Å². The third-order valence-electron chi connectivity index (χ3n) is 5.01. The van der Waals surface area contributed by atoms with Crippen molar-refractivity contribution in [2.75, 3.05) is 24.5 Å². The predicted molar refractivity (Wildman–Crippen MR) is 94.1 cm³/mol. The maximum Gasteiger partial charge on any atom is 0.293 e. The first-order chi connectivity index (χ1) is 11.6. The van der Waals surface area contributed by atoms with Crippen LogP contribution in [0.25, 0.3) is 0 Å². The number of amides is 1. The molecule has 1 atom stereocenters. The van der Waals surface area contributed by atoms with Gasteiger partial charge in [0.25, 0.3) is 5.56 Å². The van der Waals surface area contributed by atoms with Gasteiger partial charge in [-0.05, 0) is 31.6 Å². The number of likely N-dealkylation sites (tertiary alicyclic amines) is 1. The van der Waals surface area contributed by atoms with Crippen LogP contribution >= 0.6 is 0 Å². The van der Waals surface area contributed by atoms with Crippen molar-refractivity contribution in [1.29, 1.82) is 0 Å². The fourth-order valence-electron chi connectivity index (χ4n) is 3.85. The molecular weight excluding hydrogens is 304 g/mol. The number of aromatic nitrogens is 2. The Labute approximate surface area is 143 Å². The van der Waals surface area contributed by atoms with E-state index in [1.54, 1.807) is 17.0 Å². The van der Waals surface area contributed by atoms with Crippen LogP contribution in [0.5, 0.6) is 0 Å². The number of rotatable bonds is 4. The third kappa shape index (κ3) is 3.62. The number of nitrogens with zero attached hydrogens (tertiary/aromatic N) is 4. The summed E-state index contributed by atoms with van der Waals surface area (Å²) >= 11 is 0. The van der Waals surface area contributed by atoms with Crippen molar-refractivity contribution in [2.24, 2.45) is 5.92 Å². The first-order valence-corrected chi connectivity index (χ1v) is 9.16. The summed E-state index contributed by atoms with van der Waals surface area (Å²) in [6.45, 7) is 7.46. The van der Waals surface area contributed by atoms with Gasteiger partial charge < -0.3 is 14.4 Å². The molecule has 2 fully saturated rings. The molecule has 3 rings (SSSR count). The molecule has 0 radical (unpaired) electrons. The van der Waals surface area contributed by atoms with Gasteiger partial charge in [0.15, 0.2) is 5.82 Å². The summed E-state index contributed by atoms with van der Waals surface area (Å²) in [6.07, 6.45) is 8.12. The maximum absolute atomic E-state index is 12.7. The highest BCUT2D eigenvalue weighted by molar-refractivity contribution is 5.78. The third-order valence-corrected chi connectivity index (χ3v) is 5.01. The second-order valence-corrected chi connectivity index (χ2v) is 7.36. The van der Waals surface area contributed by atoms with Crippen molar-refractivity contribution in [1.82, 2.24) is 14.5 Å². The van der Waals surface area contributed by atoms with Crippen LogP contribution in [0, 0.1) is 5.92 Å². The van der Waals surface area contributed by atoms with E-state index in [1.807, 2.05) is 0 Å². The lowest BCUT2D eigenvalue weighted by molar-refractivity contribution is -0.129. The minimum atomic E-state index is 0.00176. The molecule has 132 valence electrons. The van der Waals surface area contributed by atoms with Gasteiger partial charge in [0.1, 0.15) is 0 Å². The zero-order valence-electron chi connectivity index (χ0n) is 14.8. The van der Waals surface area contributed by atoms with Crippen LogP contribution in [0.1, 0.15) is 46.0 Å². The smallest absolute Gasteiger partial charge is 0.293 e. The first-order valence-electron chi connectivity index (χ1n) is 9.16. The van der Waals surface area contributed by atoms with E-state index in [0.717, 1.165) is 45.3 Å². The molecule has 6 heteroatoms. The molecule has 0 spiro atoms. The summed E-state index contributed by atoms with van der Waals surface area (Å²) in [4.78, 5) is 33.2. The van der Waals surface area contributed by atoms with E-state index in [-0.39, 0.29) is 5.56 Å². The standard InChI is InChI=1S/C18H28N4O2/c1-14(2)13-21-12-8-19-17(18(21)24)20-9-3-5-15(7-11-20)22-10-4-6-16(22)23/h8,12,14-15H,3-7,9-11,13H2,1-2H3. The number of hydrogen-bond donors (Lipinski definition) is 0. The highest BCUT2D eigenvalue weighted by atomic mass is 16.2. The molecule has 0 N–H and O–H groups in total. The summed E-state index contributed by atoms with van der Waals surface area (Å²) < 4.78 is 1.76. The molecule has 1 aromatic heterocycles. The van der Waals surface area contributed by atoms with Gasteiger partial charge in [0.05, 0.1) is 0 Å². The Morgan fingerprint density at radius 3 is 2.71 bits per heavy atom. The Morgan fingerprint density at radius 2 is 2.00 bits per heavy atom. The summed E-state index contributed by atoms with van der Waals surface area (Å²) in [5, 5.41) is 0. The highest BCUT2D eigenvalue weighted by Gasteiger charge is 2.30. The molecule has 0 saturated carbocycles. The molecule has 1 aromatic rings. The fourth-order valence-corrected chi connectivity index (χ4v) is 3.85. The van der Waals surface area contributed by atoms with Crippen molar-refractivity contribution in [2.45, 2.75) is 58.5 Å². The maximum atomic E-state index is 12.7. The second kappa shape index (κ2) is 7.36. The number of hydrogen-bond acceptors (Lipinski definition) is 4. The lowest BCUT2D eigenvalue weighted by Crippen LogP contribution is -2.38. The number of carbonyl (C=O) groups excluding carboxylic acids is 1. The van der Waals surface area contributed by atoms with Crippen LogP contribution < -0.4 is 10.5 Å². The van der Waals surface area contributed by atoms with E-state index in [2.05, 4.69) is 28.6 Å². The highest BCUT2D eigenvalue weighted by Crippen LogP contribution is 2.23. The van der Waals surface area contributed by atoms with Gasteiger partial charge in [0, 0.05) is 51.0 Å². The van der Waals surface area contributed by atoms with Gasteiger partial charge in [-0.1, -0.05) is 13.8 Å². The van der Waals surface area contributed by atoms with Gasteiger partial charge in [-0.3, -0.25) is 9.59 Å². The summed E-state index contributed by atoms with van der Waals surface area (Å²) in [5.41, 5.74) is 0.00176. The Kier molecular flexibility index (Phi) is 5.21. The van der Waals surface area contributed by atoms with Crippen LogP contribution in [0.2, 0.25) is 0 Å². The average molecular weight is 332 g/mol. The molecular formula is C18H28N4O2. The van der Waals surface area contributed by atoms with Gasteiger partial charge in [-0.2, -0.15) is 0 Å². The molecule has 0 bridgehead atoms. The molecule has 0 aromatic carbocycles. The molecule has 1 amide bonds. The van der Waals surface area contributed by atoms with Gasteiger partial charge in [-0.25, -0.2) is 4.98 Å². The molecule has 1 unspecified atom stereocenters. The zero-order chi connectivity index (χ0) is 17.1. The lowest BCUT2D eigenvalue weighted by Gasteiger charge is -2.27. The van der Waals surface area contributed by atoms with E-state index in [9.17, 15) is 9.59 Å². The van der Waals surface area contributed by atoms with Crippen LogP contribution in [-0.4, -0.2) is 46.0 Å². The van der Waals surface area contributed by atoms with Crippen molar-refractivity contribution in [3.63, 3.8) is 0 Å². The predicted octanol–water partition coefficient (Wildman–Crippen LogP) is 1.88. The van der Waals surface area contributed by atoms with Crippen molar-refractivity contribution in [3.05, 3.63) is 22.7 Å². The first kappa shape index (κ1) is 17.0. The normalized spacial score (nSPS) is 22.3. The Morgan fingerprint density at radius 1 is 1.17 bits per heavy atom. The summed E-state index contributed by atoms with van der Waals surface area (Å²) in [5.74, 6) is 1.28. The van der Waals surface area contributed by atoms with Gasteiger partial charge >= 0.3 is 0 Å². The summed E-state index contributed by atoms with van der Waals surface area (Å²) in [6, 6.07) is 0.326. The topological polar surface area (TPSA) is 58.4 Å².